The highest BCUT2D eigenvalue weighted by Crippen LogP contribution is 2.21. The molecule has 18 heavy (non-hydrogen) atoms. The van der Waals surface area contributed by atoms with Crippen molar-refractivity contribution in [3.8, 4) is 0 Å². The number of carbonyl (C=O) groups is 1. The number of hydrogen-bond acceptors (Lipinski definition) is 5. The van der Waals surface area contributed by atoms with Crippen LogP contribution in [0.1, 0.15) is 13.8 Å². The van der Waals surface area contributed by atoms with E-state index in [-0.39, 0.29) is 0 Å². The molecule has 96 valence electrons. The van der Waals surface area contributed by atoms with Crippen molar-refractivity contribution in [3.63, 3.8) is 0 Å². The molecule has 0 amide bonds. The summed E-state index contributed by atoms with van der Waals surface area (Å²) in [6.07, 6.45) is 0.768. The largest absolute Gasteiger partial charge is 0.479 e. The molecule has 0 fully saturated rings. The molecule has 6 heteroatoms. The Balaban J connectivity index is 2.04. The number of nitrogens with zero attached hydrogens (tertiary/aromatic N) is 2. The van der Waals surface area contributed by atoms with Gasteiger partial charge in [-0.25, -0.2) is 9.63 Å². The van der Waals surface area contributed by atoms with E-state index in [9.17, 15) is 4.79 Å². The summed E-state index contributed by atoms with van der Waals surface area (Å²) >= 11 is 0. The zero-order valence-corrected chi connectivity index (χ0v) is 10.2. The van der Waals surface area contributed by atoms with Gasteiger partial charge in [-0.1, -0.05) is 18.2 Å². The summed E-state index contributed by atoms with van der Waals surface area (Å²) in [4.78, 5) is 15.9. The third-order valence-corrected chi connectivity index (χ3v) is 2.49. The Morgan fingerprint density at radius 3 is 2.67 bits per heavy atom. The number of hydroxylamine groups is 1. The third kappa shape index (κ3) is 2.61. The van der Waals surface area contributed by atoms with Crippen molar-refractivity contribution in [2.45, 2.75) is 20.0 Å². The number of anilines is 1. The third-order valence-electron chi connectivity index (χ3n) is 2.49. The van der Waals surface area contributed by atoms with Gasteiger partial charge in [0.25, 0.3) is 0 Å². The predicted molar refractivity (Wildman–Crippen MR) is 65.8 cm³/mol. The Kier molecular flexibility index (Phi) is 3.50. The predicted octanol–water partition coefficient (Wildman–Crippen LogP) is 1.49. The number of allylic oxidation sites excluding steroid dienone is 1. The number of carboxylic acids is 1. The molecular weight excluding hydrogens is 234 g/mol. The smallest absolute Gasteiger partial charge is 0.335 e. The van der Waals surface area contributed by atoms with Gasteiger partial charge in [0.15, 0.2) is 6.10 Å². The highest BCUT2D eigenvalue weighted by Gasteiger charge is 2.23. The quantitative estimate of drug-likeness (QED) is 0.843. The molecule has 6 nitrogen and oxygen atoms in total. The summed E-state index contributed by atoms with van der Waals surface area (Å²) in [5.41, 5.74) is 4.78. The van der Waals surface area contributed by atoms with Crippen LogP contribution in [0.5, 0.6) is 0 Å². The maximum atomic E-state index is 10.7. The van der Waals surface area contributed by atoms with E-state index in [0.717, 1.165) is 11.4 Å². The lowest BCUT2D eigenvalue weighted by atomic mass is 10.3. The zero-order valence-electron chi connectivity index (χ0n) is 10.2. The van der Waals surface area contributed by atoms with Crippen molar-refractivity contribution in [1.82, 2.24) is 10.7 Å². The first kappa shape index (κ1) is 12.4. The molecule has 0 saturated heterocycles. The molecule has 0 saturated carbocycles. The number of rotatable bonds is 4. The first-order valence-electron chi connectivity index (χ1n) is 5.56. The molecule has 2 rings (SSSR count). The average molecular weight is 249 g/mol. The van der Waals surface area contributed by atoms with Crippen LogP contribution in [0, 0.1) is 0 Å². The van der Waals surface area contributed by atoms with Crippen LogP contribution in [-0.4, -0.2) is 22.4 Å². The van der Waals surface area contributed by atoms with E-state index in [4.69, 9.17) is 9.94 Å². The molecule has 1 aliphatic rings. The monoisotopic (exact) mass is 249 g/mol. The molecule has 1 heterocycles. The number of nitrogens with one attached hydrogen (secondary N) is 1. The summed E-state index contributed by atoms with van der Waals surface area (Å²) in [5, 5.41) is 11.9. The van der Waals surface area contributed by atoms with Gasteiger partial charge >= 0.3 is 5.97 Å². The van der Waals surface area contributed by atoms with Crippen LogP contribution in [0.15, 0.2) is 42.2 Å². The molecule has 2 N–H and O–H groups in total. The Morgan fingerprint density at radius 2 is 2.06 bits per heavy atom. The second kappa shape index (κ2) is 5.07. The minimum Gasteiger partial charge on any atom is -0.479 e. The van der Waals surface area contributed by atoms with Crippen molar-refractivity contribution >= 4 is 11.7 Å². The molecule has 0 aromatic heterocycles. The number of hydrazine groups is 2. The zero-order chi connectivity index (χ0) is 13.1. The van der Waals surface area contributed by atoms with E-state index >= 15 is 0 Å². The highest BCUT2D eigenvalue weighted by atomic mass is 16.7. The van der Waals surface area contributed by atoms with Crippen LogP contribution >= 0.6 is 0 Å². The molecule has 1 unspecified atom stereocenters. The van der Waals surface area contributed by atoms with Gasteiger partial charge < -0.3 is 5.11 Å². The molecule has 0 bridgehead atoms. The van der Waals surface area contributed by atoms with Crippen molar-refractivity contribution < 1.29 is 14.7 Å². The van der Waals surface area contributed by atoms with Crippen molar-refractivity contribution in [3.05, 3.63) is 42.2 Å². The lowest BCUT2D eigenvalue weighted by Crippen LogP contribution is -2.43. The second-order valence-electron chi connectivity index (χ2n) is 3.95. The summed E-state index contributed by atoms with van der Waals surface area (Å²) in [6, 6.07) is 9.66. The van der Waals surface area contributed by atoms with E-state index in [1.54, 1.807) is 11.2 Å². The fourth-order valence-corrected chi connectivity index (χ4v) is 1.54. The molecule has 0 spiro atoms. The Morgan fingerprint density at radius 1 is 1.39 bits per heavy atom. The van der Waals surface area contributed by atoms with Crippen LogP contribution in [0.4, 0.5) is 5.69 Å². The van der Waals surface area contributed by atoms with Gasteiger partial charge in [-0.05, 0) is 26.0 Å². The lowest BCUT2D eigenvalue weighted by Gasteiger charge is -2.24. The molecule has 0 radical (unpaired) electrons. The first-order valence-corrected chi connectivity index (χ1v) is 5.56. The SMILES string of the molecule is CC1=CN(OC(C)C(=O)O)NN1c1ccccc1. The van der Waals surface area contributed by atoms with Crippen LogP contribution in [0.3, 0.4) is 0 Å². The van der Waals surface area contributed by atoms with E-state index in [2.05, 4.69) is 5.53 Å². The van der Waals surface area contributed by atoms with Crippen LogP contribution in [0.25, 0.3) is 0 Å². The number of carboxylic acid groups (broad SMARTS) is 1. The summed E-state index contributed by atoms with van der Waals surface area (Å²) in [5.74, 6) is -1.01. The Labute approximate surface area is 105 Å². The van der Waals surface area contributed by atoms with Gasteiger partial charge in [-0.15, -0.1) is 5.53 Å². The fourth-order valence-electron chi connectivity index (χ4n) is 1.54. The van der Waals surface area contributed by atoms with Crippen LogP contribution in [0.2, 0.25) is 0 Å². The summed E-state index contributed by atoms with van der Waals surface area (Å²) < 4.78 is 0. The normalized spacial score (nSPS) is 16.7. The van der Waals surface area contributed by atoms with Crippen LogP contribution in [-0.2, 0) is 9.63 Å². The Bertz CT molecular complexity index is 461. The minimum atomic E-state index is -1.01. The van der Waals surface area contributed by atoms with E-state index in [0.29, 0.717) is 0 Å². The maximum Gasteiger partial charge on any atom is 0.335 e. The number of aliphatic carboxylic acids is 1. The fraction of sp³-hybridized carbons (Fsp3) is 0.250. The van der Waals surface area contributed by atoms with Gasteiger partial charge in [-0.3, -0.25) is 5.01 Å². The van der Waals surface area contributed by atoms with Crippen molar-refractivity contribution in [2.24, 2.45) is 0 Å². The van der Waals surface area contributed by atoms with Gasteiger partial charge in [0, 0.05) is 0 Å². The van der Waals surface area contributed by atoms with E-state index in [1.807, 2.05) is 37.3 Å². The van der Waals surface area contributed by atoms with Gasteiger partial charge in [0.2, 0.25) is 0 Å². The number of hydrogen-bond donors (Lipinski definition) is 2. The lowest BCUT2D eigenvalue weighted by molar-refractivity contribution is -0.201. The summed E-state index contributed by atoms with van der Waals surface area (Å²) in [7, 11) is 0. The van der Waals surface area contributed by atoms with E-state index in [1.165, 1.54) is 12.1 Å². The average Bonchev–Trinajstić information content (AvgIpc) is 2.71. The Hall–Kier alpha value is -2.05. The van der Waals surface area contributed by atoms with Gasteiger partial charge in [0.05, 0.1) is 17.6 Å². The topological polar surface area (TPSA) is 65.0 Å². The molecule has 1 atom stereocenters. The number of para-hydroxylation sites is 1. The van der Waals surface area contributed by atoms with Crippen molar-refractivity contribution in [2.75, 3.05) is 5.01 Å². The standard InChI is InChI=1S/C12H15N3O3/c1-9-8-14(18-10(2)12(16)17)13-15(9)11-6-4-3-5-7-11/h3-8,10,13H,1-2H3,(H,16,17). The first-order chi connectivity index (χ1) is 8.58. The second-order valence-corrected chi connectivity index (χ2v) is 3.95. The molecular formula is C12H15N3O3. The van der Waals surface area contributed by atoms with Crippen molar-refractivity contribution in [1.29, 1.82) is 0 Å². The maximum absolute atomic E-state index is 10.7. The van der Waals surface area contributed by atoms with Crippen LogP contribution < -0.4 is 10.5 Å². The molecule has 1 aromatic carbocycles. The highest BCUT2D eigenvalue weighted by molar-refractivity contribution is 5.71. The molecule has 0 aliphatic carbocycles. The minimum absolute atomic E-state index is 0.902. The number of benzene rings is 1. The van der Waals surface area contributed by atoms with Gasteiger partial charge in [-0.2, -0.15) is 5.17 Å². The molecule has 1 aliphatic heterocycles. The van der Waals surface area contributed by atoms with E-state index < -0.39 is 12.1 Å². The molecule has 1 aromatic rings. The summed E-state index contributed by atoms with van der Waals surface area (Å²) in [6.45, 7) is 3.37. The van der Waals surface area contributed by atoms with Gasteiger partial charge in [0.1, 0.15) is 0 Å².